The summed E-state index contributed by atoms with van der Waals surface area (Å²) in [7, 11) is 0. The zero-order chi connectivity index (χ0) is 14.8. The maximum absolute atomic E-state index is 12.4. The van der Waals surface area contributed by atoms with E-state index in [1.165, 1.54) is 12.1 Å². The second kappa shape index (κ2) is 5.71. The van der Waals surface area contributed by atoms with Crippen LogP contribution in [0, 0.1) is 0 Å². The second-order valence-corrected chi connectivity index (χ2v) is 5.16. The van der Waals surface area contributed by atoms with Crippen LogP contribution in [0.15, 0.2) is 24.3 Å². The van der Waals surface area contributed by atoms with Crippen molar-refractivity contribution in [1.29, 1.82) is 0 Å². The van der Waals surface area contributed by atoms with Gasteiger partial charge in [0.25, 0.3) is 0 Å². The largest absolute Gasteiger partial charge is 0.416 e. The minimum Gasteiger partial charge on any atom is -0.386 e. The Hall–Kier alpha value is -1.11. The molecule has 0 aliphatic carbocycles. The van der Waals surface area contributed by atoms with Crippen molar-refractivity contribution in [2.75, 3.05) is 13.2 Å². The molecule has 20 heavy (non-hydrogen) atoms. The number of rotatable bonds is 4. The lowest BCUT2D eigenvalue weighted by Crippen LogP contribution is -2.45. The van der Waals surface area contributed by atoms with Crippen molar-refractivity contribution < 1.29 is 23.0 Å². The molecule has 1 saturated heterocycles. The van der Waals surface area contributed by atoms with E-state index < -0.39 is 17.3 Å². The zero-order valence-corrected chi connectivity index (χ0v) is 11.2. The average molecular weight is 289 g/mol. The fraction of sp³-hybridized carbons (Fsp3) is 0.571. The van der Waals surface area contributed by atoms with Crippen LogP contribution in [0.4, 0.5) is 13.2 Å². The Bertz CT molecular complexity index is 447. The van der Waals surface area contributed by atoms with Crippen molar-refractivity contribution in [1.82, 2.24) is 5.32 Å². The fourth-order valence-electron chi connectivity index (χ4n) is 2.24. The highest BCUT2D eigenvalue weighted by molar-refractivity contribution is 5.24. The highest BCUT2D eigenvalue weighted by atomic mass is 19.4. The molecule has 112 valence electrons. The van der Waals surface area contributed by atoms with Crippen LogP contribution in [0.1, 0.15) is 24.5 Å². The number of halogens is 3. The SMILES string of the molecule is CC1OCCC1(O)CNCc1ccc(C(F)(F)F)cc1. The summed E-state index contributed by atoms with van der Waals surface area (Å²) < 4.78 is 42.5. The fourth-order valence-corrected chi connectivity index (χ4v) is 2.24. The van der Waals surface area contributed by atoms with Crippen LogP contribution in [0.2, 0.25) is 0 Å². The summed E-state index contributed by atoms with van der Waals surface area (Å²) in [6, 6.07) is 5.00. The van der Waals surface area contributed by atoms with E-state index in [1.54, 1.807) is 0 Å². The predicted octanol–water partition coefficient (Wildman–Crippen LogP) is 2.33. The van der Waals surface area contributed by atoms with Gasteiger partial charge in [-0.3, -0.25) is 0 Å². The first-order valence-corrected chi connectivity index (χ1v) is 6.52. The number of hydrogen-bond acceptors (Lipinski definition) is 3. The van der Waals surface area contributed by atoms with Crippen LogP contribution >= 0.6 is 0 Å². The van der Waals surface area contributed by atoms with Crippen molar-refractivity contribution in [2.24, 2.45) is 0 Å². The van der Waals surface area contributed by atoms with Crippen molar-refractivity contribution in [3.63, 3.8) is 0 Å². The van der Waals surface area contributed by atoms with Gasteiger partial charge in [-0.15, -0.1) is 0 Å². The van der Waals surface area contributed by atoms with Crippen LogP contribution in [0.3, 0.4) is 0 Å². The van der Waals surface area contributed by atoms with E-state index in [-0.39, 0.29) is 6.10 Å². The summed E-state index contributed by atoms with van der Waals surface area (Å²) in [5, 5.41) is 13.3. The van der Waals surface area contributed by atoms with E-state index in [1.807, 2.05) is 6.92 Å². The van der Waals surface area contributed by atoms with E-state index in [9.17, 15) is 18.3 Å². The van der Waals surface area contributed by atoms with Crippen LogP contribution in [-0.4, -0.2) is 30.0 Å². The minimum atomic E-state index is -4.31. The summed E-state index contributed by atoms with van der Waals surface area (Å²) in [6.07, 6.45) is -3.98. The van der Waals surface area contributed by atoms with Gasteiger partial charge in [0.15, 0.2) is 0 Å². The zero-order valence-electron chi connectivity index (χ0n) is 11.2. The molecule has 0 radical (unpaired) electrons. The monoisotopic (exact) mass is 289 g/mol. The van der Waals surface area contributed by atoms with E-state index in [0.717, 1.165) is 17.7 Å². The Kier molecular flexibility index (Phi) is 4.36. The average Bonchev–Trinajstić information content (AvgIpc) is 2.69. The molecule has 6 heteroatoms. The van der Waals surface area contributed by atoms with Gasteiger partial charge in [0.2, 0.25) is 0 Å². The van der Waals surface area contributed by atoms with Gasteiger partial charge in [-0.1, -0.05) is 12.1 Å². The maximum Gasteiger partial charge on any atom is 0.416 e. The quantitative estimate of drug-likeness (QED) is 0.894. The van der Waals surface area contributed by atoms with E-state index in [4.69, 9.17) is 4.74 Å². The maximum atomic E-state index is 12.4. The van der Waals surface area contributed by atoms with E-state index in [2.05, 4.69) is 5.32 Å². The Balaban J connectivity index is 1.86. The van der Waals surface area contributed by atoms with Gasteiger partial charge < -0.3 is 15.2 Å². The lowest BCUT2D eigenvalue weighted by molar-refractivity contribution is -0.137. The molecule has 0 spiro atoms. The van der Waals surface area contributed by atoms with Gasteiger partial charge in [0.1, 0.15) is 5.60 Å². The van der Waals surface area contributed by atoms with Crippen LogP contribution in [0.25, 0.3) is 0 Å². The Morgan fingerprint density at radius 3 is 2.50 bits per heavy atom. The van der Waals surface area contributed by atoms with Crippen LogP contribution in [-0.2, 0) is 17.5 Å². The first-order valence-electron chi connectivity index (χ1n) is 6.52. The smallest absolute Gasteiger partial charge is 0.386 e. The molecule has 2 rings (SSSR count). The molecule has 1 heterocycles. The third-order valence-electron chi connectivity index (χ3n) is 3.70. The number of hydrogen-bond donors (Lipinski definition) is 2. The molecule has 3 nitrogen and oxygen atoms in total. The van der Waals surface area contributed by atoms with Crippen LogP contribution in [0.5, 0.6) is 0 Å². The molecule has 0 amide bonds. The summed E-state index contributed by atoms with van der Waals surface area (Å²) >= 11 is 0. The molecule has 2 atom stereocenters. The van der Waals surface area contributed by atoms with Gasteiger partial charge in [0.05, 0.1) is 11.7 Å². The minimum absolute atomic E-state index is 0.234. The molecule has 1 aliphatic rings. The summed E-state index contributed by atoms with van der Waals surface area (Å²) in [5.74, 6) is 0. The number of benzene rings is 1. The van der Waals surface area contributed by atoms with Gasteiger partial charge in [-0.2, -0.15) is 13.2 Å². The third kappa shape index (κ3) is 3.50. The van der Waals surface area contributed by atoms with Gasteiger partial charge in [-0.05, 0) is 24.6 Å². The van der Waals surface area contributed by atoms with Gasteiger partial charge >= 0.3 is 6.18 Å². The summed E-state index contributed by atoms with van der Waals surface area (Å²) in [6.45, 7) is 3.11. The highest BCUT2D eigenvalue weighted by Gasteiger charge is 2.38. The molecule has 1 aromatic carbocycles. The molecule has 1 aromatic rings. The van der Waals surface area contributed by atoms with Gasteiger partial charge in [0, 0.05) is 26.1 Å². The molecular weight excluding hydrogens is 271 g/mol. The normalized spacial score (nSPS) is 26.9. The molecule has 2 N–H and O–H groups in total. The number of ether oxygens (including phenoxy) is 1. The van der Waals surface area contributed by atoms with E-state index in [0.29, 0.717) is 26.1 Å². The molecule has 0 aromatic heterocycles. The molecule has 1 aliphatic heterocycles. The number of aliphatic hydroxyl groups is 1. The van der Waals surface area contributed by atoms with Crippen LogP contribution < -0.4 is 5.32 Å². The molecular formula is C14H18F3NO2. The lowest BCUT2D eigenvalue weighted by atomic mass is 9.96. The van der Waals surface area contributed by atoms with Crippen molar-refractivity contribution in [2.45, 2.75) is 37.8 Å². The Morgan fingerprint density at radius 1 is 1.35 bits per heavy atom. The number of nitrogens with one attached hydrogen (secondary N) is 1. The topological polar surface area (TPSA) is 41.5 Å². The van der Waals surface area contributed by atoms with E-state index >= 15 is 0 Å². The standard InChI is InChI=1S/C14H18F3NO2/c1-10-13(19,6-7-20-10)9-18-8-11-2-4-12(5-3-11)14(15,16)17/h2-5,10,18-19H,6-9H2,1H3. The van der Waals surface area contributed by atoms with Crippen molar-refractivity contribution >= 4 is 0 Å². The van der Waals surface area contributed by atoms with Gasteiger partial charge in [-0.25, -0.2) is 0 Å². The predicted molar refractivity (Wildman–Crippen MR) is 68.1 cm³/mol. The number of alkyl halides is 3. The first kappa shape index (κ1) is 15.3. The molecule has 1 fully saturated rings. The Morgan fingerprint density at radius 2 is 2.00 bits per heavy atom. The summed E-state index contributed by atoms with van der Waals surface area (Å²) in [5.41, 5.74) is -0.808. The second-order valence-electron chi connectivity index (χ2n) is 5.16. The molecule has 0 bridgehead atoms. The lowest BCUT2D eigenvalue weighted by Gasteiger charge is -2.26. The first-order chi connectivity index (χ1) is 9.31. The Labute approximate surface area is 115 Å². The highest BCUT2D eigenvalue weighted by Crippen LogP contribution is 2.29. The third-order valence-corrected chi connectivity index (χ3v) is 3.70. The van der Waals surface area contributed by atoms with Crippen molar-refractivity contribution in [3.8, 4) is 0 Å². The summed E-state index contributed by atoms with van der Waals surface area (Å²) in [4.78, 5) is 0. The van der Waals surface area contributed by atoms with Crippen molar-refractivity contribution in [3.05, 3.63) is 35.4 Å². The molecule has 2 unspecified atom stereocenters. The molecule has 0 saturated carbocycles.